The zero-order chi connectivity index (χ0) is 12.4. The summed E-state index contributed by atoms with van der Waals surface area (Å²) in [6.45, 7) is 0.708. The van der Waals surface area contributed by atoms with Crippen LogP contribution in [0.15, 0.2) is 12.1 Å². The van der Waals surface area contributed by atoms with Gasteiger partial charge in [-0.05, 0) is 6.42 Å². The maximum atomic E-state index is 11.7. The van der Waals surface area contributed by atoms with Crippen molar-refractivity contribution in [3.63, 3.8) is 0 Å². The Hall–Kier alpha value is -1.42. The molecule has 0 bridgehead atoms. The van der Waals surface area contributed by atoms with Crippen LogP contribution in [0.25, 0.3) is 0 Å². The summed E-state index contributed by atoms with van der Waals surface area (Å²) < 4.78 is 10.4. The number of carbonyl (C=O) groups is 1. The maximum absolute atomic E-state index is 11.7. The average Bonchev–Trinajstić information content (AvgIpc) is 2.75. The molecule has 0 radical (unpaired) electrons. The highest BCUT2D eigenvalue weighted by Gasteiger charge is 2.25. The van der Waals surface area contributed by atoms with Crippen molar-refractivity contribution in [2.45, 2.75) is 12.8 Å². The summed E-state index contributed by atoms with van der Waals surface area (Å²) in [5, 5.41) is 0.472. The number of benzene rings is 1. The standard InChI is InChI=1S/C12H14ClNO3/c1-16-10-7-9(11(17-2)6-8(10)13)14-5-3-4-12(14)15/h6-7H,3-5H2,1-2H3. The molecule has 1 aliphatic heterocycles. The van der Waals surface area contributed by atoms with Crippen LogP contribution < -0.4 is 14.4 Å². The minimum atomic E-state index is 0.104. The number of nitrogens with zero attached hydrogens (tertiary/aromatic N) is 1. The SMILES string of the molecule is COc1cc(N2CCCC2=O)c(OC)cc1Cl. The van der Waals surface area contributed by atoms with Gasteiger partial charge in [-0.1, -0.05) is 11.6 Å². The molecule has 4 nitrogen and oxygen atoms in total. The topological polar surface area (TPSA) is 38.8 Å². The molecule has 0 unspecified atom stereocenters. The van der Waals surface area contributed by atoms with E-state index >= 15 is 0 Å². The summed E-state index contributed by atoms with van der Waals surface area (Å²) in [5.74, 6) is 1.24. The molecule has 1 aromatic rings. The van der Waals surface area contributed by atoms with Gasteiger partial charge < -0.3 is 14.4 Å². The first-order valence-electron chi connectivity index (χ1n) is 5.39. The van der Waals surface area contributed by atoms with Gasteiger partial charge in [0.1, 0.15) is 11.5 Å². The van der Waals surface area contributed by atoms with E-state index < -0.39 is 0 Å². The number of ether oxygens (including phenoxy) is 2. The van der Waals surface area contributed by atoms with Gasteiger partial charge in [0.2, 0.25) is 5.91 Å². The van der Waals surface area contributed by atoms with E-state index in [-0.39, 0.29) is 5.91 Å². The number of amides is 1. The first-order valence-corrected chi connectivity index (χ1v) is 5.77. The monoisotopic (exact) mass is 255 g/mol. The Morgan fingerprint density at radius 2 is 1.94 bits per heavy atom. The predicted molar refractivity (Wildman–Crippen MR) is 66.1 cm³/mol. The number of carbonyl (C=O) groups excluding carboxylic acids is 1. The van der Waals surface area contributed by atoms with E-state index in [1.165, 1.54) is 0 Å². The Bertz CT molecular complexity index is 448. The van der Waals surface area contributed by atoms with Crippen LogP contribution in [-0.4, -0.2) is 26.7 Å². The summed E-state index contributed by atoms with van der Waals surface area (Å²) in [5.41, 5.74) is 0.719. The molecular weight excluding hydrogens is 242 g/mol. The maximum Gasteiger partial charge on any atom is 0.227 e. The Labute approximate surface area is 105 Å². The third kappa shape index (κ3) is 2.17. The zero-order valence-electron chi connectivity index (χ0n) is 9.83. The number of halogens is 1. The van der Waals surface area contributed by atoms with Gasteiger partial charge in [-0.15, -0.1) is 0 Å². The fourth-order valence-electron chi connectivity index (χ4n) is 1.96. The summed E-state index contributed by atoms with van der Waals surface area (Å²) in [7, 11) is 3.10. The largest absolute Gasteiger partial charge is 0.495 e. The highest BCUT2D eigenvalue weighted by atomic mass is 35.5. The number of methoxy groups -OCH3 is 2. The zero-order valence-corrected chi connectivity index (χ0v) is 10.6. The van der Waals surface area contributed by atoms with Crippen LogP contribution in [0.2, 0.25) is 5.02 Å². The van der Waals surface area contributed by atoms with Gasteiger partial charge >= 0.3 is 0 Å². The molecule has 1 aliphatic rings. The van der Waals surface area contributed by atoms with Crippen LogP contribution in [0.1, 0.15) is 12.8 Å². The third-order valence-corrected chi connectivity index (χ3v) is 3.11. The molecule has 0 saturated carbocycles. The molecule has 1 fully saturated rings. The van der Waals surface area contributed by atoms with Crippen molar-refractivity contribution in [2.24, 2.45) is 0 Å². The Balaban J connectivity index is 2.47. The van der Waals surface area contributed by atoms with Crippen molar-refractivity contribution < 1.29 is 14.3 Å². The second-order valence-electron chi connectivity index (χ2n) is 3.81. The number of hydrogen-bond donors (Lipinski definition) is 0. The van der Waals surface area contributed by atoms with Gasteiger partial charge in [0.05, 0.1) is 24.9 Å². The van der Waals surface area contributed by atoms with Gasteiger partial charge in [0, 0.05) is 25.1 Å². The third-order valence-electron chi connectivity index (χ3n) is 2.82. The molecule has 1 aromatic carbocycles. The lowest BCUT2D eigenvalue weighted by molar-refractivity contribution is -0.117. The van der Waals surface area contributed by atoms with Gasteiger partial charge in [-0.3, -0.25) is 4.79 Å². The summed E-state index contributed by atoms with van der Waals surface area (Å²) in [6.07, 6.45) is 1.45. The predicted octanol–water partition coefficient (Wildman–Crippen LogP) is 2.48. The van der Waals surface area contributed by atoms with E-state index in [0.717, 1.165) is 12.1 Å². The second kappa shape index (κ2) is 4.84. The average molecular weight is 256 g/mol. The molecule has 0 aromatic heterocycles. The summed E-state index contributed by atoms with van der Waals surface area (Å²) in [6, 6.07) is 3.41. The van der Waals surface area contributed by atoms with Gasteiger partial charge in [0.25, 0.3) is 0 Å². The molecule has 92 valence electrons. The van der Waals surface area contributed by atoms with Crippen LogP contribution in [0.5, 0.6) is 11.5 Å². The van der Waals surface area contributed by atoms with E-state index in [4.69, 9.17) is 21.1 Å². The Morgan fingerprint density at radius 3 is 2.47 bits per heavy atom. The van der Waals surface area contributed by atoms with Crippen LogP contribution in [-0.2, 0) is 4.79 Å². The van der Waals surface area contributed by atoms with Crippen molar-refractivity contribution in [3.05, 3.63) is 17.2 Å². The highest BCUT2D eigenvalue weighted by molar-refractivity contribution is 6.32. The first-order chi connectivity index (χ1) is 8.17. The minimum Gasteiger partial charge on any atom is -0.495 e. The molecule has 2 rings (SSSR count). The summed E-state index contributed by atoms with van der Waals surface area (Å²) >= 11 is 6.01. The molecular formula is C12H14ClNO3. The van der Waals surface area contributed by atoms with E-state index in [2.05, 4.69) is 0 Å². The molecule has 0 N–H and O–H groups in total. The molecule has 1 amide bonds. The smallest absolute Gasteiger partial charge is 0.227 e. The first kappa shape index (κ1) is 12.0. The van der Waals surface area contributed by atoms with Crippen molar-refractivity contribution in [2.75, 3.05) is 25.7 Å². The van der Waals surface area contributed by atoms with Crippen LogP contribution in [0.3, 0.4) is 0 Å². The van der Waals surface area contributed by atoms with Crippen LogP contribution >= 0.6 is 11.6 Å². The summed E-state index contributed by atoms with van der Waals surface area (Å²) in [4.78, 5) is 13.4. The number of hydrogen-bond acceptors (Lipinski definition) is 3. The fourth-order valence-corrected chi connectivity index (χ4v) is 2.19. The van der Waals surface area contributed by atoms with Crippen molar-refractivity contribution in [1.82, 2.24) is 0 Å². The lowest BCUT2D eigenvalue weighted by Crippen LogP contribution is -2.24. The normalized spacial score (nSPS) is 15.2. The Kier molecular flexibility index (Phi) is 3.43. The van der Waals surface area contributed by atoms with Crippen molar-refractivity contribution in [1.29, 1.82) is 0 Å². The Morgan fingerprint density at radius 1 is 1.24 bits per heavy atom. The van der Waals surface area contributed by atoms with E-state index in [1.807, 2.05) is 0 Å². The van der Waals surface area contributed by atoms with Gasteiger partial charge in [-0.25, -0.2) is 0 Å². The lowest BCUT2D eigenvalue weighted by Gasteiger charge is -2.20. The molecule has 1 heterocycles. The van der Waals surface area contributed by atoms with Crippen LogP contribution in [0.4, 0.5) is 5.69 Å². The number of rotatable bonds is 3. The molecule has 5 heteroatoms. The van der Waals surface area contributed by atoms with E-state index in [9.17, 15) is 4.79 Å². The fraction of sp³-hybridized carbons (Fsp3) is 0.417. The van der Waals surface area contributed by atoms with Crippen molar-refractivity contribution >= 4 is 23.2 Å². The quantitative estimate of drug-likeness (QED) is 0.833. The molecule has 17 heavy (non-hydrogen) atoms. The molecule has 0 atom stereocenters. The van der Waals surface area contributed by atoms with E-state index in [0.29, 0.717) is 29.5 Å². The highest BCUT2D eigenvalue weighted by Crippen LogP contribution is 2.39. The molecule has 0 spiro atoms. The lowest BCUT2D eigenvalue weighted by atomic mass is 10.2. The molecule has 1 saturated heterocycles. The van der Waals surface area contributed by atoms with Crippen LogP contribution in [0, 0.1) is 0 Å². The van der Waals surface area contributed by atoms with E-state index in [1.54, 1.807) is 31.3 Å². The number of anilines is 1. The molecule has 0 aliphatic carbocycles. The minimum absolute atomic E-state index is 0.104. The van der Waals surface area contributed by atoms with Gasteiger partial charge in [-0.2, -0.15) is 0 Å². The second-order valence-corrected chi connectivity index (χ2v) is 4.21. The van der Waals surface area contributed by atoms with Gasteiger partial charge in [0.15, 0.2) is 0 Å². The van der Waals surface area contributed by atoms with Crippen molar-refractivity contribution in [3.8, 4) is 11.5 Å².